The highest BCUT2D eigenvalue weighted by Crippen LogP contribution is 2.71. The average molecular weight is 607 g/mol. The lowest BCUT2D eigenvalue weighted by Crippen LogP contribution is -2.56. The van der Waals surface area contributed by atoms with E-state index in [4.69, 9.17) is 19.3 Å². The number of fused-ring (bicyclic) bond motifs is 7. The lowest BCUT2D eigenvalue weighted by molar-refractivity contribution is -0.273. The molecule has 10 nitrogen and oxygen atoms in total. The molecule has 4 N–H and O–H groups in total. The van der Waals surface area contributed by atoms with Gasteiger partial charge in [-0.3, -0.25) is 4.79 Å². The first-order valence-electron chi connectivity index (χ1n) is 16.5. The Bertz CT molecular complexity index is 1130. The Kier molecular flexibility index (Phi) is 7.75. The molecule has 3 unspecified atom stereocenters. The maximum atomic E-state index is 12.7. The fourth-order valence-electron chi connectivity index (χ4n) is 11.3. The zero-order valence-corrected chi connectivity index (χ0v) is 26.0. The van der Waals surface area contributed by atoms with Crippen LogP contribution in [0.15, 0.2) is 0 Å². The quantitative estimate of drug-likeness (QED) is 0.326. The summed E-state index contributed by atoms with van der Waals surface area (Å²) in [5.41, 5.74) is -2.78. The zero-order chi connectivity index (χ0) is 31.1. The molecule has 2 heterocycles. The van der Waals surface area contributed by atoms with Gasteiger partial charge in [-0.1, -0.05) is 27.7 Å². The van der Waals surface area contributed by atoms with Crippen LogP contribution < -0.4 is 0 Å². The number of aliphatic hydroxyl groups excluding tert-OH is 1. The maximum Gasteiger partial charge on any atom is 0.339 e. The topological polar surface area (TPSA) is 160 Å². The van der Waals surface area contributed by atoms with E-state index in [9.17, 15) is 29.7 Å². The van der Waals surface area contributed by atoms with Gasteiger partial charge in [0.15, 0.2) is 11.9 Å². The third-order valence-electron chi connectivity index (χ3n) is 13.7. The van der Waals surface area contributed by atoms with Crippen LogP contribution in [0.25, 0.3) is 0 Å². The molecule has 242 valence electrons. The van der Waals surface area contributed by atoms with Crippen LogP contribution in [0.5, 0.6) is 0 Å². The van der Waals surface area contributed by atoms with Crippen molar-refractivity contribution >= 4 is 17.9 Å². The van der Waals surface area contributed by atoms with Crippen molar-refractivity contribution in [3.63, 3.8) is 0 Å². The van der Waals surface area contributed by atoms with Gasteiger partial charge in [-0.2, -0.15) is 0 Å². The Morgan fingerprint density at radius 2 is 1.67 bits per heavy atom. The number of rotatable bonds is 6. The summed E-state index contributed by atoms with van der Waals surface area (Å²) in [4.78, 5) is 35.3. The molecule has 0 aromatic rings. The van der Waals surface area contributed by atoms with E-state index < -0.39 is 47.9 Å². The van der Waals surface area contributed by atoms with Gasteiger partial charge in [0, 0.05) is 12.3 Å². The molecule has 0 aromatic heterocycles. The molecule has 6 aliphatic rings. The Morgan fingerprint density at radius 1 is 0.953 bits per heavy atom. The highest BCUT2D eigenvalue weighted by atomic mass is 16.7. The third kappa shape index (κ3) is 4.76. The molecule has 2 aliphatic heterocycles. The number of hydrogen-bond acceptors (Lipinski definition) is 8. The largest absolute Gasteiger partial charge is 0.479 e. The van der Waals surface area contributed by atoms with Gasteiger partial charge in [0.05, 0.1) is 19.1 Å². The molecule has 0 amide bonds. The monoisotopic (exact) mass is 606 g/mol. The highest BCUT2D eigenvalue weighted by molar-refractivity contribution is 5.91. The first-order valence-corrected chi connectivity index (χ1v) is 16.5. The highest BCUT2D eigenvalue weighted by Gasteiger charge is 2.69. The van der Waals surface area contributed by atoms with Crippen LogP contribution in [0, 0.1) is 52.3 Å². The zero-order valence-electron chi connectivity index (χ0n) is 26.0. The van der Waals surface area contributed by atoms with Crippen molar-refractivity contribution in [3.8, 4) is 0 Å². The number of carboxylic acid groups (broad SMARTS) is 2. The van der Waals surface area contributed by atoms with Crippen molar-refractivity contribution < 1.29 is 49.0 Å². The molecule has 2 saturated heterocycles. The fourth-order valence-corrected chi connectivity index (χ4v) is 11.3. The molecule has 10 heteroatoms. The molecule has 4 aliphatic carbocycles. The minimum absolute atomic E-state index is 0.127. The van der Waals surface area contributed by atoms with E-state index in [-0.39, 0.29) is 16.9 Å². The van der Waals surface area contributed by atoms with E-state index >= 15 is 0 Å². The Balaban J connectivity index is 1.10. The average Bonchev–Trinajstić information content (AvgIpc) is 3.39. The van der Waals surface area contributed by atoms with Gasteiger partial charge in [0.2, 0.25) is 5.60 Å². The molecule has 1 spiro atoms. The molecule has 14 atom stereocenters. The van der Waals surface area contributed by atoms with Crippen molar-refractivity contribution in [2.75, 3.05) is 6.61 Å². The van der Waals surface area contributed by atoms with E-state index in [1.807, 2.05) is 0 Å². The standard InChI is InChI=1S/C33H50O10/c1-17-7-12-33(41-16-17)18(2)26-24(43-33)14-23-21-6-5-19-13-20(8-10-30(19,3)22(21)9-11-31(23,26)4)42-25(34)15-32(40,29(38)39)27(35)28(36)37/h17-24,26-27,35,40H,5-16H2,1-4H3,(H,36,37)(H,38,39)/t17-,18+,19?,20+,21-,22+,23+,24+,26+,27?,30+,31+,32?,33-/m1/s1. The summed E-state index contributed by atoms with van der Waals surface area (Å²) in [6.45, 7) is 10.4. The number of aliphatic carboxylic acids is 2. The summed E-state index contributed by atoms with van der Waals surface area (Å²) in [6, 6.07) is 0. The lowest BCUT2D eigenvalue weighted by atomic mass is 9.44. The molecule has 0 aromatic carbocycles. The van der Waals surface area contributed by atoms with Crippen molar-refractivity contribution in [3.05, 3.63) is 0 Å². The summed E-state index contributed by atoms with van der Waals surface area (Å²) in [7, 11) is 0. The van der Waals surface area contributed by atoms with Gasteiger partial charge >= 0.3 is 17.9 Å². The van der Waals surface area contributed by atoms with Crippen LogP contribution >= 0.6 is 0 Å². The second kappa shape index (κ2) is 10.7. The van der Waals surface area contributed by atoms with Crippen LogP contribution in [0.1, 0.15) is 98.3 Å². The SMILES string of the molecule is C[C@@H]1CC[C@@]2(OC1)O[C@H]1C[C@H]3[C@@H]4CCC5C[C@@H](OC(=O)CC(O)(C(=O)O)C(O)C(=O)O)CC[C@]5(C)[C@H]4CC[C@]3(C)[C@H]1[C@@H]2C. The molecule has 0 bridgehead atoms. The van der Waals surface area contributed by atoms with E-state index in [1.54, 1.807) is 0 Å². The van der Waals surface area contributed by atoms with E-state index in [0.717, 1.165) is 45.1 Å². The van der Waals surface area contributed by atoms with E-state index in [1.165, 1.54) is 12.8 Å². The molecule has 43 heavy (non-hydrogen) atoms. The maximum absolute atomic E-state index is 12.7. The van der Waals surface area contributed by atoms with E-state index in [0.29, 0.717) is 54.3 Å². The molecule has 6 rings (SSSR count). The van der Waals surface area contributed by atoms with E-state index in [2.05, 4.69) is 27.7 Å². The van der Waals surface area contributed by atoms with Crippen molar-refractivity contribution in [1.29, 1.82) is 0 Å². The van der Waals surface area contributed by atoms with Crippen LogP contribution in [-0.4, -0.2) is 74.6 Å². The number of ether oxygens (including phenoxy) is 3. The minimum Gasteiger partial charge on any atom is -0.479 e. The number of esters is 1. The number of aliphatic hydroxyl groups is 2. The third-order valence-corrected chi connectivity index (χ3v) is 13.7. The number of carbonyl (C=O) groups is 3. The van der Waals surface area contributed by atoms with Gasteiger partial charge in [-0.15, -0.1) is 0 Å². The van der Waals surface area contributed by atoms with Gasteiger partial charge < -0.3 is 34.6 Å². The first kappa shape index (κ1) is 31.2. The molecule has 6 fully saturated rings. The predicted molar refractivity (Wildman–Crippen MR) is 152 cm³/mol. The van der Waals surface area contributed by atoms with Crippen molar-refractivity contribution in [1.82, 2.24) is 0 Å². The Hall–Kier alpha value is -1.75. The summed E-state index contributed by atoms with van der Waals surface area (Å²) in [5, 5.41) is 38.4. The second-order valence-electron chi connectivity index (χ2n) is 15.7. The van der Waals surface area contributed by atoms with Gasteiger partial charge in [0.1, 0.15) is 6.10 Å². The van der Waals surface area contributed by atoms with Gasteiger partial charge in [0.25, 0.3) is 0 Å². The Morgan fingerprint density at radius 3 is 2.33 bits per heavy atom. The van der Waals surface area contributed by atoms with Crippen molar-refractivity contribution in [2.45, 2.75) is 128 Å². The summed E-state index contributed by atoms with van der Waals surface area (Å²) < 4.78 is 19.0. The Labute approximate surface area is 253 Å². The van der Waals surface area contributed by atoms with Crippen LogP contribution in [0.2, 0.25) is 0 Å². The summed E-state index contributed by atoms with van der Waals surface area (Å²) >= 11 is 0. The molecular weight excluding hydrogens is 556 g/mol. The van der Waals surface area contributed by atoms with Crippen molar-refractivity contribution in [2.24, 2.45) is 52.3 Å². The molecule has 4 saturated carbocycles. The van der Waals surface area contributed by atoms with Crippen LogP contribution in [0.3, 0.4) is 0 Å². The smallest absolute Gasteiger partial charge is 0.339 e. The summed E-state index contributed by atoms with van der Waals surface area (Å²) in [6.07, 6.45) is 6.12. The number of carboxylic acids is 2. The van der Waals surface area contributed by atoms with Gasteiger partial charge in [-0.05, 0) is 104 Å². The lowest BCUT2D eigenvalue weighted by Gasteiger charge is -2.61. The van der Waals surface area contributed by atoms with Crippen LogP contribution in [0.4, 0.5) is 0 Å². The van der Waals surface area contributed by atoms with Gasteiger partial charge in [-0.25, -0.2) is 9.59 Å². The molecule has 0 radical (unpaired) electrons. The second-order valence-corrected chi connectivity index (χ2v) is 15.7. The minimum atomic E-state index is -3.15. The first-order chi connectivity index (χ1) is 20.1. The number of carbonyl (C=O) groups excluding carboxylic acids is 1. The molecular formula is C33H50O10. The summed E-state index contributed by atoms with van der Waals surface area (Å²) in [5.74, 6) is -1.57. The predicted octanol–water partition coefficient (Wildman–Crippen LogP) is 4.00. The fraction of sp³-hybridized carbons (Fsp3) is 0.909. The van der Waals surface area contributed by atoms with Crippen LogP contribution in [-0.2, 0) is 28.6 Å². The number of hydrogen-bond donors (Lipinski definition) is 4. The normalized spacial score (nSPS) is 49.1.